The first kappa shape index (κ1) is 29.7. The fourth-order valence-corrected chi connectivity index (χ4v) is 10.1. The summed E-state index contributed by atoms with van der Waals surface area (Å²) in [6, 6.07) is 24.9. The standard InChI is InChI=1S/C44H51BN2/c1-40(2,3)26-17-18-34-29(21-26)30-22-27(41(4,5)6)24-32-38(30)46(34)35-15-14-16-36-37(35)45(32)33-25-28(42(7,8)9)23-31-39(33)47(36)44(11)20-13-12-19-43(31,44)10/h14-18,21-25H,12-13,19-20H2,1-11H3. The molecule has 47 heavy (non-hydrogen) atoms. The highest BCUT2D eigenvalue weighted by molar-refractivity contribution is 7.00. The Labute approximate surface area is 282 Å². The van der Waals surface area contributed by atoms with Gasteiger partial charge in [0.2, 0.25) is 0 Å². The lowest BCUT2D eigenvalue weighted by molar-refractivity contribution is 0.195. The van der Waals surface area contributed by atoms with Gasteiger partial charge in [0.05, 0.1) is 11.1 Å². The highest BCUT2D eigenvalue weighted by Crippen LogP contribution is 2.61. The van der Waals surface area contributed by atoms with Gasteiger partial charge < -0.3 is 9.47 Å². The molecule has 2 atom stereocenters. The summed E-state index contributed by atoms with van der Waals surface area (Å²) in [5.74, 6) is 0. The van der Waals surface area contributed by atoms with Crippen LogP contribution in [0.4, 0.5) is 11.4 Å². The molecule has 5 aromatic rings. The summed E-state index contributed by atoms with van der Waals surface area (Å²) < 4.78 is 2.65. The lowest BCUT2D eigenvalue weighted by Gasteiger charge is -2.52. The number of hydrogen-bond acceptors (Lipinski definition) is 1. The molecule has 1 saturated carbocycles. The highest BCUT2D eigenvalue weighted by atomic mass is 15.3. The molecule has 9 rings (SSSR count). The molecular formula is C44H51BN2. The predicted molar refractivity (Wildman–Crippen MR) is 204 cm³/mol. The van der Waals surface area contributed by atoms with Gasteiger partial charge in [-0.25, -0.2) is 0 Å². The van der Waals surface area contributed by atoms with Crippen molar-refractivity contribution >= 4 is 56.3 Å². The largest absolute Gasteiger partial charge is 0.335 e. The minimum Gasteiger partial charge on any atom is -0.335 e. The molecule has 3 heteroatoms. The molecule has 0 N–H and O–H groups in total. The average molecular weight is 619 g/mol. The van der Waals surface area contributed by atoms with E-state index >= 15 is 0 Å². The summed E-state index contributed by atoms with van der Waals surface area (Å²) in [5.41, 5.74) is 17.8. The van der Waals surface area contributed by atoms with Crippen molar-refractivity contribution in [3.8, 4) is 5.69 Å². The van der Waals surface area contributed by atoms with E-state index in [1.165, 1.54) is 97.6 Å². The lowest BCUT2D eigenvalue weighted by atomic mass is 9.33. The molecule has 1 aromatic heterocycles. The minimum atomic E-state index is 0.0341. The van der Waals surface area contributed by atoms with Gasteiger partial charge in [0.1, 0.15) is 0 Å². The molecule has 240 valence electrons. The van der Waals surface area contributed by atoms with Crippen LogP contribution in [0.15, 0.2) is 60.7 Å². The first-order valence-corrected chi connectivity index (χ1v) is 18.2. The maximum Gasteiger partial charge on any atom is 0.252 e. The second kappa shape index (κ2) is 8.76. The number of anilines is 2. The SMILES string of the molecule is CC(C)(C)c1cc2c3c(c1)C1(C)CCCCC1(C)N3c1cccc3c1B2c1cc(C(C)(C)C)cc2c4cc(C(C)(C)C)ccc4n-3c12. The Morgan fingerprint density at radius 2 is 1.26 bits per heavy atom. The van der Waals surface area contributed by atoms with Crippen LogP contribution in [0.25, 0.3) is 27.5 Å². The molecular weight excluding hydrogens is 567 g/mol. The number of benzene rings is 4. The van der Waals surface area contributed by atoms with Crippen molar-refractivity contribution in [3.05, 3.63) is 82.9 Å². The summed E-state index contributed by atoms with van der Waals surface area (Å²) in [4.78, 5) is 2.86. The van der Waals surface area contributed by atoms with Crippen LogP contribution in [0.5, 0.6) is 0 Å². The maximum absolute atomic E-state index is 2.86. The fraction of sp³-hybridized carbons (Fsp3) is 0.455. The third kappa shape index (κ3) is 3.59. The second-order valence-corrected chi connectivity index (χ2v) is 19.0. The normalized spacial score (nSPS) is 23.0. The third-order valence-corrected chi connectivity index (χ3v) is 13.2. The van der Waals surface area contributed by atoms with E-state index in [4.69, 9.17) is 0 Å². The number of nitrogens with zero attached hydrogens (tertiary/aromatic N) is 2. The minimum absolute atomic E-state index is 0.0341. The summed E-state index contributed by atoms with van der Waals surface area (Å²) >= 11 is 0. The van der Waals surface area contributed by atoms with Gasteiger partial charge in [-0.3, -0.25) is 0 Å². The molecule has 4 aromatic carbocycles. The van der Waals surface area contributed by atoms with Gasteiger partial charge in [0.15, 0.2) is 0 Å². The zero-order chi connectivity index (χ0) is 33.2. The van der Waals surface area contributed by atoms with Crippen LogP contribution >= 0.6 is 0 Å². The molecule has 1 aliphatic carbocycles. The van der Waals surface area contributed by atoms with Crippen LogP contribution in [-0.4, -0.2) is 16.8 Å². The lowest BCUT2D eigenvalue weighted by Crippen LogP contribution is -2.64. The molecule has 0 spiro atoms. The van der Waals surface area contributed by atoms with Gasteiger partial charge in [0, 0.05) is 38.8 Å². The number of fused-ring (bicyclic) bond motifs is 10. The van der Waals surface area contributed by atoms with Crippen LogP contribution in [0, 0.1) is 0 Å². The van der Waals surface area contributed by atoms with Crippen LogP contribution in [-0.2, 0) is 21.7 Å². The Bertz CT molecular complexity index is 2200. The molecule has 4 heterocycles. The van der Waals surface area contributed by atoms with Crippen molar-refractivity contribution in [3.63, 3.8) is 0 Å². The summed E-state index contributed by atoms with van der Waals surface area (Å²) in [5, 5.41) is 2.79. The quantitative estimate of drug-likeness (QED) is 0.154. The highest BCUT2D eigenvalue weighted by Gasteiger charge is 2.61. The average Bonchev–Trinajstić information content (AvgIpc) is 3.43. The van der Waals surface area contributed by atoms with Gasteiger partial charge in [0.25, 0.3) is 6.71 Å². The molecule has 0 amide bonds. The van der Waals surface area contributed by atoms with E-state index < -0.39 is 0 Å². The maximum atomic E-state index is 2.86. The number of rotatable bonds is 0. The molecule has 3 aliphatic heterocycles. The Morgan fingerprint density at radius 1 is 0.638 bits per heavy atom. The second-order valence-electron chi connectivity index (χ2n) is 19.0. The summed E-state index contributed by atoms with van der Waals surface area (Å²) in [6.45, 7) is 26.8. The van der Waals surface area contributed by atoms with Crippen molar-refractivity contribution < 1.29 is 0 Å². The monoisotopic (exact) mass is 618 g/mol. The van der Waals surface area contributed by atoms with Crippen LogP contribution < -0.4 is 21.3 Å². The van der Waals surface area contributed by atoms with Gasteiger partial charge in [-0.1, -0.05) is 112 Å². The van der Waals surface area contributed by atoms with E-state index in [0.717, 1.165) is 0 Å². The number of hydrogen-bond donors (Lipinski definition) is 0. The predicted octanol–water partition coefficient (Wildman–Crippen LogP) is 9.56. The zero-order valence-electron chi connectivity index (χ0n) is 30.6. The van der Waals surface area contributed by atoms with E-state index in [1.54, 1.807) is 5.56 Å². The molecule has 0 radical (unpaired) electrons. The Hall–Kier alpha value is -3.46. The molecule has 2 unspecified atom stereocenters. The van der Waals surface area contributed by atoms with E-state index in [1.807, 2.05) is 0 Å². The van der Waals surface area contributed by atoms with Crippen LogP contribution in [0.3, 0.4) is 0 Å². The van der Waals surface area contributed by atoms with E-state index in [2.05, 4.69) is 146 Å². The first-order valence-electron chi connectivity index (χ1n) is 18.2. The third-order valence-electron chi connectivity index (χ3n) is 13.2. The van der Waals surface area contributed by atoms with Crippen molar-refractivity contribution in [1.29, 1.82) is 0 Å². The Balaban J connectivity index is 1.48. The van der Waals surface area contributed by atoms with E-state index in [9.17, 15) is 0 Å². The van der Waals surface area contributed by atoms with Gasteiger partial charge in [-0.2, -0.15) is 0 Å². The van der Waals surface area contributed by atoms with Gasteiger partial charge >= 0.3 is 0 Å². The van der Waals surface area contributed by atoms with Crippen LogP contribution in [0.1, 0.15) is 124 Å². The first-order chi connectivity index (χ1) is 21.9. The summed E-state index contributed by atoms with van der Waals surface area (Å²) in [7, 11) is 0. The molecule has 4 aliphatic rings. The summed E-state index contributed by atoms with van der Waals surface area (Å²) in [6.07, 6.45) is 5.10. The van der Waals surface area contributed by atoms with Gasteiger partial charge in [-0.05, 0) is 105 Å². The van der Waals surface area contributed by atoms with Crippen molar-refractivity contribution in [2.24, 2.45) is 0 Å². The van der Waals surface area contributed by atoms with Crippen LogP contribution in [0.2, 0.25) is 0 Å². The van der Waals surface area contributed by atoms with Crippen molar-refractivity contribution in [2.75, 3.05) is 4.90 Å². The molecule has 0 bridgehead atoms. The smallest absolute Gasteiger partial charge is 0.252 e. The number of aromatic nitrogens is 1. The van der Waals surface area contributed by atoms with Gasteiger partial charge in [-0.15, -0.1) is 0 Å². The molecule has 0 saturated heterocycles. The fourth-order valence-electron chi connectivity index (χ4n) is 10.1. The van der Waals surface area contributed by atoms with E-state index in [-0.39, 0.29) is 33.9 Å². The zero-order valence-corrected chi connectivity index (χ0v) is 30.6. The Kier molecular flexibility index (Phi) is 5.53. The molecule has 2 nitrogen and oxygen atoms in total. The van der Waals surface area contributed by atoms with Crippen molar-refractivity contribution in [2.45, 2.75) is 129 Å². The Morgan fingerprint density at radius 3 is 1.96 bits per heavy atom. The van der Waals surface area contributed by atoms with E-state index in [0.29, 0.717) is 0 Å². The molecule has 1 fully saturated rings. The van der Waals surface area contributed by atoms with Crippen molar-refractivity contribution in [1.82, 2.24) is 4.57 Å². The topological polar surface area (TPSA) is 8.17 Å².